The summed E-state index contributed by atoms with van der Waals surface area (Å²) in [7, 11) is 0. The minimum atomic E-state index is -0.129. The number of amides is 2. The highest BCUT2D eigenvalue weighted by atomic mass is 32.1. The molecule has 1 atom stereocenters. The average Bonchev–Trinajstić information content (AvgIpc) is 2.83. The van der Waals surface area contributed by atoms with Crippen LogP contribution in [0.25, 0.3) is 0 Å². The molecule has 92 valence electrons. The van der Waals surface area contributed by atoms with Crippen LogP contribution in [0.5, 0.6) is 0 Å². The highest BCUT2D eigenvalue weighted by Crippen LogP contribution is 2.23. The van der Waals surface area contributed by atoms with Gasteiger partial charge in [-0.3, -0.25) is 9.59 Å². The Morgan fingerprint density at radius 1 is 1.71 bits per heavy atom. The molecule has 17 heavy (non-hydrogen) atoms. The summed E-state index contributed by atoms with van der Waals surface area (Å²) in [6.07, 6.45) is 1.33. The Labute approximate surface area is 103 Å². The first-order valence-corrected chi connectivity index (χ1v) is 6.31. The van der Waals surface area contributed by atoms with E-state index in [0.717, 1.165) is 11.3 Å². The van der Waals surface area contributed by atoms with Crippen molar-refractivity contribution in [3.8, 4) is 0 Å². The summed E-state index contributed by atoms with van der Waals surface area (Å²) in [6, 6.07) is 1.74. The molecule has 1 aromatic rings. The molecule has 4 N–H and O–H groups in total. The van der Waals surface area contributed by atoms with E-state index >= 15 is 0 Å². The van der Waals surface area contributed by atoms with Gasteiger partial charge in [0.2, 0.25) is 5.91 Å². The molecule has 2 heterocycles. The molecule has 1 saturated heterocycles. The van der Waals surface area contributed by atoms with Crippen molar-refractivity contribution >= 4 is 28.8 Å². The van der Waals surface area contributed by atoms with Gasteiger partial charge in [-0.2, -0.15) is 0 Å². The summed E-state index contributed by atoms with van der Waals surface area (Å²) in [4.78, 5) is 24.3. The second-order valence-corrected chi connectivity index (χ2v) is 5.39. The molecule has 0 bridgehead atoms. The molecule has 0 spiro atoms. The molecule has 2 amide bonds. The van der Waals surface area contributed by atoms with Gasteiger partial charge in [0.15, 0.2) is 0 Å². The molecule has 0 aromatic carbocycles. The summed E-state index contributed by atoms with van der Waals surface area (Å²) in [6.45, 7) is 2.36. The third-order valence-corrected chi connectivity index (χ3v) is 3.84. The fraction of sp³-hybridized carbons (Fsp3) is 0.455. The molecule has 5 nitrogen and oxygen atoms in total. The van der Waals surface area contributed by atoms with Crippen LogP contribution in [0.3, 0.4) is 0 Å². The lowest BCUT2D eigenvalue weighted by molar-refractivity contribution is -0.119. The van der Waals surface area contributed by atoms with Crippen LogP contribution in [-0.4, -0.2) is 24.4 Å². The number of carbonyl (C=O) groups excluding carboxylic acids is 2. The molecule has 1 fully saturated rings. The summed E-state index contributed by atoms with van der Waals surface area (Å²) in [5.41, 5.74) is 6.34. The Balaban J connectivity index is 1.87. The number of hydrogen-bond donors (Lipinski definition) is 3. The first-order chi connectivity index (χ1) is 8.06. The van der Waals surface area contributed by atoms with Gasteiger partial charge in [-0.15, -0.1) is 11.3 Å². The highest BCUT2D eigenvalue weighted by Gasteiger charge is 2.21. The van der Waals surface area contributed by atoms with E-state index in [1.54, 1.807) is 6.07 Å². The van der Waals surface area contributed by atoms with Gasteiger partial charge in [0.05, 0.1) is 4.88 Å². The fourth-order valence-corrected chi connectivity index (χ4v) is 2.60. The average molecular weight is 253 g/mol. The maximum atomic E-state index is 11.8. The number of anilines is 1. The van der Waals surface area contributed by atoms with Gasteiger partial charge in [0.25, 0.3) is 5.91 Å². The maximum absolute atomic E-state index is 11.8. The van der Waals surface area contributed by atoms with Gasteiger partial charge in [0, 0.05) is 29.6 Å². The molecule has 2 rings (SSSR count). The predicted molar refractivity (Wildman–Crippen MR) is 67.0 cm³/mol. The maximum Gasteiger partial charge on any atom is 0.261 e. The third-order valence-electron chi connectivity index (χ3n) is 2.77. The van der Waals surface area contributed by atoms with Crippen molar-refractivity contribution in [2.45, 2.75) is 25.8 Å². The Morgan fingerprint density at radius 2 is 2.47 bits per heavy atom. The molecule has 0 aliphatic carbocycles. The molecule has 0 radical (unpaired) electrons. The highest BCUT2D eigenvalue weighted by molar-refractivity contribution is 7.14. The number of hydrogen-bond acceptors (Lipinski definition) is 4. The smallest absolute Gasteiger partial charge is 0.261 e. The number of rotatable bonds is 3. The second-order valence-electron chi connectivity index (χ2n) is 4.14. The van der Waals surface area contributed by atoms with Crippen LogP contribution in [0, 0.1) is 6.92 Å². The Kier molecular flexibility index (Phi) is 3.33. The van der Waals surface area contributed by atoms with E-state index in [0.29, 0.717) is 23.5 Å². The van der Waals surface area contributed by atoms with Gasteiger partial charge >= 0.3 is 0 Å². The zero-order chi connectivity index (χ0) is 12.4. The molecular formula is C11H15N3O2S. The first-order valence-electron chi connectivity index (χ1n) is 5.49. The van der Waals surface area contributed by atoms with E-state index in [9.17, 15) is 9.59 Å². The van der Waals surface area contributed by atoms with Crippen molar-refractivity contribution in [1.29, 1.82) is 0 Å². The number of nitrogens with two attached hydrogens (primary N) is 1. The van der Waals surface area contributed by atoms with Crippen LogP contribution in [-0.2, 0) is 4.79 Å². The van der Waals surface area contributed by atoms with E-state index in [1.807, 2.05) is 6.92 Å². The van der Waals surface area contributed by atoms with Crippen molar-refractivity contribution in [3.63, 3.8) is 0 Å². The van der Waals surface area contributed by atoms with Crippen molar-refractivity contribution in [2.24, 2.45) is 0 Å². The standard InChI is InChI=1S/C11H15N3O2S/c1-6-8(12)4-9(17-6)11(16)13-5-7-2-3-10(15)14-7/h4,7H,2-3,5,12H2,1H3,(H,13,16)(H,14,15). The van der Waals surface area contributed by atoms with E-state index < -0.39 is 0 Å². The summed E-state index contributed by atoms with van der Waals surface area (Å²) >= 11 is 1.38. The quantitative estimate of drug-likeness (QED) is 0.739. The van der Waals surface area contributed by atoms with Crippen molar-refractivity contribution < 1.29 is 9.59 Å². The molecular weight excluding hydrogens is 238 g/mol. The van der Waals surface area contributed by atoms with Gasteiger partial charge in [-0.1, -0.05) is 0 Å². The normalized spacial score (nSPS) is 19.1. The van der Waals surface area contributed by atoms with Crippen LogP contribution >= 0.6 is 11.3 Å². The minimum Gasteiger partial charge on any atom is -0.398 e. The number of carbonyl (C=O) groups is 2. The van der Waals surface area contributed by atoms with Crippen molar-refractivity contribution in [1.82, 2.24) is 10.6 Å². The largest absolute Gasteiger partial charge is 0.398 e. The van der Waals surface area contributed by atoms with E-state index in [1.165, 1.54) is 11.3 Å². The number of nitrogen functional groups attached to an aromatic ring is 1. The third kappa shape index (κ3) is 2.76. The van der Waals surface area contributed by atoms with Crippen molar-refractivity contribution in [3.05, 3.63) is 15.8 Å². The lowest BCUT2D eigenvalue weighted by Crippen LogP contribution is -2.38. The summed E-state index contributed by atoms with van der Waals surface area (Å²) in [5, 5.41) is 5.61. The molecule has 6 heteroatoms. The monoisotopic (exact) mass is 253 g/mol. The van der Waals surface area contributed by atoms with Crippen LogP contribution in [0.1, 0.15) is 27.4 Å². The van der Waals surface area contributed by atoms with Gasteiger partial charge in [-0.05, 0) is 19.4 Å². The molecule has 1 aliphatic rings. The predicted octanol–water partition coefficient (Wildman–Crippen LogP) is 0.647. The van der Waals surface area contributed by atoms with Crippen LogP contribution in [0.15, 0.2) is 6.07 Å². The van der Waals surface area contributed by atoms with Crippen LogP contribution < -0.4 is 16.4 Å². The lowest BCUT2D eigenvalue weighted by atomic mass is 10.2. The van der Waals surface area contributed by atoms with E-state index in [-0.39, 0.29) is 17.9 Å². The summed E-state index contributed by atoms with van der Waals surface area (Å²) < 4.78 is 0. The number of thiophene rings is 1. The second kappa shape index (κ2) is 4.75. The van der Waals surface area contributed by atoms with Gasteiger partial charge in [-0.25, -0.2) is 0 Å². The number of aryl methyl sites for hydroxylation is 1. The molecule has 1 unspecified atom stereocenters. The Morgan fingerprint density at radius 3 is 3.00 bits per heavy atom. The van der Waals surface area contributed by atoms with Crippen LogP contribution in [0.4, 0.5) is 5.69 Å². The SMILES string of the molecule is Cc1sc(C(=O)NCC2CCC(=O)N2)cc1N. The topological polar surface area (TPSA) is 84.2 Å². The fourth-order valence-electron chi connectivity index (χ4n) is 1.74. The zero-order valence-corrected chi connectivity index (χ0v) is 10.4. The van der Waals surface area contributed by atoms with Crippen molar-refractivity contribution in [2.75, 3.05) is 12.3 Å². The molecule has 1 aliphatic heterocycles. The lowest BCUT2D eigenvalue weighted by Gasteiger charge is -2.10. The Hall–Kier alpha value is -1.56. The first kappa shape index (κ1) is 11.9. The minimum absolute atomic E-state index is 0.0560. The van der Waals surface area contributed by atoms with Gasteiger partial charge < -0.3 is 16.4 Å². The Bertz CT molecular complexity index is 436. The molecule has 1 aromatic heterocycles. The van der Waals surface area contributed by atoms with Crippen LogP contribution in [0.2, 0.25) is 0 Å². The van der Waals surface area contributed by atoms with E-state index in [2.05, 4.69) is 10.6 Å². The van der Waals surface area contributed by atoms with E-state index in [4.69, 9.17) is 5.73 Å². The zero-order valence-electron chi connectivity index (χ0n) is 9.58. The number of nitrogens with one attached hydrogen (secondary N) is 2. The van der Waals surface area contributed by atoms with Gasteiger partial charge in [0.1, 0.15) is 0 Å². The summed E-state index contributed by atoms with van der Waals surface area (Å²) in [5.74, 6) is -0.0728. The molecule has 0 saturated carbocycles.